The Labute approximate surface area is 84.0 Å². The second kappa shape index (κ2) is 2.74. The van der Waals surface area contributed by atoms with Gasteiger partial charge in [-0.3, -0.25) is 0 Å². The van der Waals surface area contributed by atoms with Crippen LogP contribution in [0, 0.1) is 0 Å². The number of benzene rings is 1. The third kappa shape index (κ3) is 1.02. The van der Waals surface area contributed by atoms with E-state index in [-0.39, 0.29) is 0 Å². The van der Waals surface area contributed by atoms with Crippen molar-refractivity contribution in [3.63, 3.8) is 0 Å². The lowest BCUT2D eigenvalue weighted by Gasteiger charge is -2.12. The number of H-pyrrole nitrogens is 1. The molecular weight excluding hydrogens is 171 g/mol. The third-order valence-corrected chi connectivity index (χ3v) is 2.81. The minimum Gasteiger partial charge on any atom is -0.199 e. The molecule has 2 aromatic rings. The Morgan fingerprint density at radius 2 is 1.93 bits per heavy atom. The highest BCUT2D eigenvalue weighted by Crippen LogP contribution is 2.30. The van der Waals surface area contributed by atoms with Gasteiger partial charge in [0, 0.05) is 11.1 Å². The van der Waals surface area contributed by atoms with Crippen LogP contribution in [0.5, 0.6) is 0 Å². The van der Waals surface area contributed by atoms with Gasteiger partial charge in [-0.15, -0.1) is 0 Å². The second-order valence-electron chi connectivity index (χ2n) is 3.71. The predicted molar refractivity (Wildman–Crippen MR) is 55.0 cm³/mol. The van der Waals surface area contributed by atoms with Crippen LogP contribution in [0.25, 0.3) is 11.3 Å². The minimum absolute atomic E-state index is 1.08. The van der Waals surface area contributed by atoms with Crippen molar-refractivity contribution in [3.8, 4) is 11.3 Å². The lowest BCUT2D eigenvalue weighted by atomic mass is 9.91. The molecule has 0 fully saturated rings. The largest absolute Gasteiger partial charge is 0.614 e. The molecule has 0 aliphatic heterocycles. The summed E-state index contributed by atoms with van der Waals surface area (Å²) in [5.74, 6) is 0. The van der Waals surface area contributed by atoms with Gasteiger partial charge in [-0.1, -0.05) is 24.3 Å². The first kappa shape index (κ1) is 7.86. The molecule has 0 unspecified atom stereocenters. The van der Waals surface area contributed by atoms with Crippen molar-refractivity contribution in [1.82, 2.24) is 5.10 Å². The maximum absolute atomic E-state index is 5.68. The molecule has 1 aliphatic rings. The summed E-state index contributed by atoms with van der Waals surface area (Å²) in [6, 6.07) is 8.47. The van der Waals surface area contributed by atoms with E-state index in [9.17, 15) is 0 Å². The van der Waals surface area contributed by atoms with Crippen LogP contribution in [0.2, 0.25) is 0 Å². The maximum Gasteiger partial charge on any atom is 0.614 e. The zero-order valence-corrected chi connectivity index (χ0v) is 7.83. The number of rotatable bonds is 0. The monoisotopic (exact) mass is 181 g/mol. The molecule has 1 aromatic carbocycles. The average molecular weight is 181 g/mol. The van der Waals surface area contributed by atoms with E-state index >= 15 is 0 Å². The van der Waals surface area contributed by atoms with Gasteiger partial charge >= 0.3 is 7.98 Å². The molecule has 0 saturated heterocycles. The number of nitrogens with zero attached hydrogens (tertiary/aromatic N) is 1. The fourth-order valence-electron chi connectivity index (χ4n) is 2.14. The Bertz CT molecular complexity index is 488. The number of aromatic amines is 1. The number of aromatic nitrogens is 2. The molecule has 0 bridgehead atoms. The highest BCUT2D eigenvalue weighted by Gasteiger charge is 2.20. The maximum atomic E-state index is 5.68. The summed E-state index contributed by atoms with van der Waals surface area (Å²) in [5, 5.41) is 3.15. The molecule has 0 atom stereocenters. The Kier molecular flexibility index (Phi) is 1.54. The molecule has 2 nitrogen and oxygen atoms in total. The van der Waals surface area contributed by atoms with Crippen LogP contribution in [0.1, 0.15) is 11.1 Å². The zero-order valence-electron chi connectivity index (χ0n) is 7.83. The first-order chi connectivity index (χ1) is 6.84. The summed E-state index contributed by atoms with van der Waals surface area (Å²) in [7, 11) is 5.68. The molecule has 14 heavy (non-hydrogen) atoms. The minimum atomic E-state index is 1.08. The van der Waals surface area contributed by atoms with Gasteiger partial charge in [0.15, 0.2) is 6.20 Å². The summed E-state index contributed by atoms with van der Waals surface area (Å²) in [6.45, 7) is 0. The van der Waals surface area contributed by atoms with E-state index in [0.717, 1.165) is 12.8 Å². The number of fused-ring (bicyclic) bond motifs is 3. The van der Waals surface area contributed by atoms with Gasteiger partial charge in [0.1, 0.15) is 5.69 Å². The molecule has 3 rings (SSSR count). The molecule has 1 N–H and O–H groups in total. The van der Waals surface area contributed by atoms with Gasteiger partial charge in [-0.2, -0.15) is 9.69 Å². The van der Waals surface area contributed by atoms with E-state index in [1.807, 2.05) is 6.20 Å². The lowest BCUT2D eigenvalue weighted by Crippen LogP contribution is -2.31. The van der Waals surface area contributed by atoms with Gasteiger partial charge < -0.3 is 0 Å². The highest BCUT2D eigenvalue weighted by atomic mass is 15.2. The SMILES string of the molecule is [B][n+]1cc2c([nH]1)-c1ccccc1CC2. The predicted octanol–water partition coefficient (Wildman–Crippen LogP) is 0.999. The van der Waals surface area contributed by atoms with Crippen LogP contribution < -0.4 is 4.59 Å². The summed E-state index contributed by atoms with van der Waals surface area (Å²) >= 11 is 0. The Morgan fingerprint density at radius 3 is 2.86 bits per heavy atom. The van der Waals surface area contributed by atoms with E-state index in [0.29, 0.717) is 0 Å². The number of hydrogen-bond donors (Lipinski definition) is 1. The van der Waals surface area contributed by atoms with E-state index in [4.69, 9.17) is 7.98 Å². The van der Waals surface area contributed by atoms with Gasteiger partial charge in [-0.25, -0.2) is 0 Å². The molecule has 66 valence electrons. The molecule has 1 heterocycles. The van der Waals surface area contributed by atoms with Crippen molar-refractivity contribution in [2.24, 2.45) is 0 Å². The fourth-order valence-corrected chi connectivity index (χ4v) is 2.14. The standard InChI is InChI=1S/C11H10BN2/c12-14-7-9-6-5-8-3-1-2-4-10(8)11(9)13-14/h1-4,7,13H,5-6H2/q+1. The number of nitrogens with one attached hydrogen (secondary N) is 1. The van der Waals surface area contributed by atoms with Crippen LogP contribution in [-0.4, -0.2) is 13.1 Å². The number of hydrogen-bond acceptors (Lipinski definition) is 0. The van der Waals surface area contributed by atoms with Crippen molar-refractivity contribution < 1.29 is 4.59 Å². The van der Waals surface area contributed by atoms with E-state index < -0.39 is 0 Å². The normalized spacial score (nSPS) is 13.4. The van der Waals surface area contributed by atoms with Crippen molar-refractivity contribution in [3.05, 3.63) is 41.6 Å². The molecule has 1 aromatic heterocycles. The molecule has 2 radical (unpaired) electrons. The van der Waals surface area contributed by atoms with E-state index in [1.165, 1.54) is 27.0 Å². The summed E-state index contributed by atoms with van der Waals surface area (Å²) in [4.78, 5) is 0. The van der Waals surface area contributed by atoms with Crippen molar-refractivity contribution in [2.45, 2.75) is 12.8 Å². The smallest absolute Gasteiger partial charge is 0.199 e. The topological polar surface area (TPSA) is 19.7 Å². The van der Waals surface area contributed by atoms with Crippen molar-refractivity contribution >= 4 is 7.98 Å². The molecule has 0 saturated carbocycles. The summed E-state index contributed by atoms with van der Waals surface area (Å²) < 4.78 is 1.53. The van der Waals surface area contributed by atoms with Gasteiger partial charge in [-0.05, 0) is 18.4 Å². The highest BCUT2D eigenvalue weighted by molar-refractivity contribution is 5.94. The van der Waals surface area contributed by atoms with Crippen LogP contribution in [0.15, 0.2) is 30.5 Å². The Hall–Kier alpha value is -1.51. The molecule has 3 heteroatoms. The van der Waals surface area contributed by atoms with Crippen LogP contribution in [0.4, 0.5) is 0 Å². The van der Waals surface area contributed by atoms with E-state index in [1.54, 1.807) is 0 Å². The van der Waals surface area contributed by atoms with Crippen LogP contribution in [-0.2, 0) is 12.8 Å². The van der Waals surface area contributed by atoms with Gasteiger partial charge in [0.2, 0.25) is 0 Å². The van der Waals surface area contributed by atoms with Crippen LogP contribution in [0.3, 0.4) is 0 Å². The first-order valence-electron chi connectivity index (χ1n) is 4.81. The third-order valence-electron chi connectivity index (χ3n) is 2.81. The van der Waals surface area contributed by atoms with Crippen LogP contribution >= 0.6 is 0 Å². The van der Waals surface area contributed by atoms with E-state index in [2.05, 4.69) is 29.4 Å². The molecule has 0 spiro atoms. The van der Waals surface area contributed by atoms with Crippen molar-refractivity contribution in [1.29, 1.82) is 0 Å². The Balaban J connectivity index is 2.28. The number of aryl methyl sites for hydroxylation is 2. The van der Waals surface area contributed by atoms with Gasteiger partial charge in [0.05, 0.1) is 0 Å². The average Bonchev–Trinajstić information content (AvgIpc) is 2.59. The fraction of sp³-hybridized carbons (Fsp3) is 0.182. The first-order valence-corrected chi connectivity index (χ1v) is 4.81. The zero-order chi connectivity index (χ0) is 9.54. The molecular formula is C11H10BN2+. The quantitative estimate of drug-likeness (QED) is 0.585. The second-order valence-corrected chi connectivity index (χ2v) is 3.71. The lowest BCUT2D eigenvalue weighted by molar-refractivity contribution is -0.585. The van der Waals surface area contributed by atoms with Crippen molar-refractivity contribution in [2.75, 3.05) is 0 Å². The summed E-state index contributed by atoms with van der Waals surface area (Å²) in [5.41, 5.74) is 5.18. The summed E-state index contributed by atoms with van der Waals surface area (Å²) in [6.07, 6.45) is 4.15. The molecule has 0 amide bonds. The van der Waals surface area contributed by atoms with Gasteiger partial charge in [0.25, 0.3) is 0 Å². The Morgan fingerprint density at radius 1 is 1.14 bits per heavy atom. The molecule has 1 aliphatic carbocycles.